The van der Waals surface area contributed by atoms with Crippen LogP contribution in [0, 0.1) is 0 Å². The van der Waals surface area contributed by atoms with Crippen molar-refractivity contribution in [1.29, 1.82) is 0 Å². The minimum atomic E-state index is -0.914. The maximum absolute atomic E-state index is 13.8. The molecular formula is C29H21N3O2. The predicted octanol–water partition coefficient (Wildman–Crippen LogP) is 4.78. The number of pyridine rings is 1. The Morgan fingerprint density at radius 1 is 0.706 bits per heavy atom. The van der Waals surface area contributed by atoms with Crippen LogP contribution >= 0.6 is 0 Å². The molecule has 4 aromatic carbocycles. The lowest BCUT2D eigenvalue weighted by Crippen LogP contribution is -2.48. The van der Waals surface area contributed by atoms with E-state index in [0.29, 0.717) is 5.56 Å². The van der Waals surface area contributed by atoms with Gasteiger partial charge in [-0.3, -0.25) is 9.59 Å². The standard InChI is InChI=1S/C29H21N3O2/c30-28(33)27(25-19-11-3-1-9-17(19)18-10-2-4-12-20(18)25)32-29(34)26-21-13-5-7-15-23(21)31-24-16-8-6-14-22(24)26/h1-16,25,27H,(H2,30,33)(H,32,34)/t27-/m1/s1. The zero-order chi connectivity index (χ0) is 23.2. The predicted molar refractivity (Wildman–Crippen MR) is 133 cm³/mol. The summed E-state index contributed by atoms with van der Waals surface area (Å²) in [6, 6.07) is 30.1. The van der Waals surface area contributed by atoms with Crippen molar-refractivity contribution >= 4 is 33.6 Å². The van der Waals surface area contributed by atoms with Crippen molar-refractivity contribution in [2.45, 2.75) is 12.0 Å². The van der Waals surface area contributed by atoms with Crippen molar-refractivity contribution in [3.8, 4) is 11.1 Å². The van der Waals surface area contributed by atoms with E-state index in [1.807, 2.05) is 97.1 Å². The third kappa shape index (κ3) is 3.05. The van der Waals surface area contributed by atoms with E-state index in [-0.39, 0.29) is 11.8 Å². The molecule has 0 unspecified atom stereocenters. The zero-order valence-corrected chi connectivity index (χ0v) is 18.2. The zero-order valence-electron chi connectivity index (χ0n) is 18.2. The van der Waals surface area contributed by atoms with Gasteiger partial charge in [0.15, 0.2) is 0 Å². The van der Waals surface area contributed by atoms with Gasteiger partial charge in [-0.05, 0) is 34.4 Å². The van der Waals surface area contributed by atoms with Crippen molar-refractivity contribution in [3.63, 3.8) is 0 Å². The average Bonchev–Trinajstić information content (AvgIpc) is 3.19. The first-order valence-electron chi connectivity index (χ1n) is 11.2. The molecular weight excluding hydrogens is 422 g/mol. The van der Waals surface area contributed by atoms with Crippen LogP contribution in [-0.2, 0) is 4.79 Å². The molecule has 0 aliphatic heterocycles. The lowest BCUT2D eigenvalue weighted by Gasteiger charge is -2.24. The smallest absolute Gasteiger partial charge is 0.253 e. The van der Waals surface area contributed by atoms with E-state index < -0.39 is 11.9 Å². The van der Waals surface area contributed by atoms with Gasteiger partial charge in [-0.1, -0.05) is 84.9 Å². The van der Waals surface area contributed by atoms with Gasteiger partial charge < -0.3 is 11.1 Å². The fourth-order valence-corrected chi connectivity index (χ4v) is 5.17. The molecule has 1 aliphatic rings. The summed E-state index contributed by atoms with van der Waals surface area (Å²) >= 11 is 0. The number of nitrogens with two attached hydrogens (primary N) is 1. The first-order valence-corrected chi connectivity index (χ1v) is 11.2. The molecule has 3 N–H and O–H groups in total. The number of para-hydroxylation sites is 2. The number of aromatic nitrogens is 1. The molecule has 34 heavy (non-hydrogen) atoms. The van der Waals surface area contributed by atoms with Gasteiger partial charge in [0.25, 0.3) is 5.91 Å². The number of fused-ring (bicyclic) bond motifs is 5. The summed E-state index contributed by atoms with van der Waals surface area (Å²) in [7, 11) is 0. The van der Waals surface area contributed by atoms with Crippen molar-refractivity contribution in [1.82, 2.24) is 10.3 Å². The minimum absolute atomic E-state index is 0.347. The Hall–Kier alpha value is -4.51. The summed E-state index contributed by atoms with van der Waals surface area (Å²) < 4.78 is 0. The van der Waals surface area contributed by atoms with E-state index >= 15 is 0 Å². The Morgan fingerprint density at radius 3 is 1.71 bits per heavy atom. The SMILES string of the molecule is NC(=O)[C@H](NC(=O)c1c2ccccc2nc2ccccc12)C1c2ccccc2-c2ccccc21. The Morgan fingerprint density at radius 2 is 1.18 bits per heavy atom. The summed E-state index contributed by atoms with van der Waals surface area (Å²) in [5.41, 5.74) is 11.9. The molecule has 0 spiro atoms. The molecule has 164 valence electrons. The molecule has 0 bridgehead atoms. The van der Waals surface area contributed by atoms with Crippen LogP contribution in [0.15, 0.2) is 97.1 Å². The number of hydrogen-bond donors (Lipinski definition) is 2. The first-order chi connectivity index (χ1) is 16.6. The molecule has 0 fully saturated rings. The Kier molecular flexibility index (Phi) is 4.62. The van der Waals surface area contributed by atoms with Crippen LogP contribution in [0.25, 0.3) is 32.9 Å². The highest BCUT2D eigenvalue weighted by Crippen LogP contribution is 2.46. The number of carbonyl (C=O) groups excluding carboxylic acids is 2. The second-order valence-electron chi connectivity index (χ2n) is 8.53. The number of hydrogen-bond acceptors (Lipinski definition) is 3. The van der Waals surface area contributed by atoms with Crippen molar-refractivity contribution in [2.24, 2.45) is 5.73 Å². The maximum Gasteiger partial charge on any atom is 0.253 e. The average molecular weight is 444 g/mol. The van der Waals surface area contributed by atoms with E-state index in [9.17, 15) is 9.59 Å². The molecule has 6 rings (SSSR count). The molecule has 1 aliphatic carbocycles. The quantitative estimate of drug-likeness (QED) is 0.392. The largest absolute Gasteiger partial charge is 0.368 e. The van der Waals surface area contributed by atoms with E-state index in [4.69, 9.17) is 10.7 Å². The van der Waals surface area contributed by atoms with Gasteiger partial charge in [0.1, 0.15) is 6.04 Å². The third-order valence-electron chi connectivity index (χ3n) is 6.62. The maximum atomic E-state index is 13.8. The molecule has 5 nitrogen and oxygen atoms in total. The van der Waals surface area contributed by atoms with Gasteiger partial charge in [-0.25, -0.2) is 4.98 Å². The molecule has 1 heterocycles. The number of primary amides is 1. The molecule has 1 atom stereocenters. The summed E-state index contributed by atoms with van der Waals surface area (Å²) in [4.78, 5) is 31.3. The number of nitrogens with one attached hydrogen (secondary N) is 1. The van der Waals surface area contributed by atoms with Crippen LogP contribution < -0.4 is 11.1 Å². The van der Waals surface area contributed by atoms with Crippen LogP contribution in [0.4, 0.5) is 0 Å². The van der Waals surface area contributed by atoms with E-state index in [1.165, 1.54) is 0 Å². The number of carbonyl (C=O) groups is 2. The summed E-state index contributed by atoms with van der Waals surface area (Å²) in [5, 5.41) is 4.46. The highest BCUT2D eigenvalue weighted by atomic mass is 16.2. The summed E-state index contributed by atoms with van der Waals surface area (Å²) in [5.74, 6) is -1.29. The number of rotatable bonds is 4. The Labute approximate surface area is 196 Å². The highest BCUT2D eigenvalue weighted by Gasteiger charge is 2.38. The molecule has 0 radical (unpaired) electrons. The van der Waals surface area contributed by atoms with E-state index in [2.05, 4.69) is 5.32 Å². The molecule has 2 amide bonds. The van der Waals surface area contributed by atoms with Gasteiger partial charge in [0.2, 0.25) is 5.91 Å². The number of amides is 2. The minimum Gasteiger partial charge on any atom is -0.368 e. The van der Waals surface area contributed by atoms with Crippen LogP contribution in [0.2, 0.25) is 0 Å². The van der Waals surface area contributed by atoms with Crippen LogP contribution in [0.1, 0.15) is 27.4 Å². The van der Waals surface area contributed by atoms with Crippen LogP contribution in [-0.4, -0.2) is 22.8 Å². The Balaban J connectivity index is 1.49. The number of benzene rings is 4. The molecule has 0 saturated carbocycles. The molecule has 1 aromatic heterocycles. The third-order valence-corrected chi connectivity index (χ3v) is 6.62. The van der Waals surface area contributed by atoms with Crippen molar-refractivity contribution in [2.75, 3.05) is 0 Å². The van der Waals surface area contributed by atoms with Crippen LogP contribution in [0.3, 0.4) is 0 Å². The topological polar surface area (TPSA) is 85.1 Å². The second kappa shape index (κ2) is 7.81. The normalized spacial score (nSPS) is 13.4. The second-order valence-corrected chi connectivity index (χ2v) is 8.53. The van der Waals surface area contributed by atoms with Gasteiger partial charge in [0, 0.05) is 16.7 Å². The lowest BCUT2D eigenvalue weighted by atomic mass is 9.88. The first kappa shape index (κ1) is 20.1. The van der Waals surface area contributed by atoms with Gasteiger partial charge in [0.05, 0.1) is 16.6 Å². The fraction of sp³-hybridized carbons (Fsp3) is 0.0690. The lowest BCUT2D eigenvalue weighted by molar-refractivity contribution is -0.120. The summed E-state index contributed by atoms with van der Waals surface area (Å²) in [6.07, 6.45) is 0. The van der Waals surface area contributed by atoms with E-state index in [0.717, 1.165) is 44.1 Å². The van der Waals surface area contributed by atoms with Crippen molar-refractivity contribution < 1.29 is 9.59 Å². The summed E-state index contributed by atoms with van der Waals surface area (Å²) in [6.45, 7) is 0. The van der Waals surface area contributed by atoms with Crippen molar-refractivity contribution in [3.05, 3.63) is 114 Å². The molecule has 5 heteroatoms. The number of nitrogens with zero attached hydrogens (tertiary/aromatic N) is 1. The van der Waals surface area contributed by atoms with E-state index in [1.54, 1.807) is 0 Å². The highest BCUT2D eigenvalue weighted by molar-refractivity contribution is 6.17. The molecule has 5 aromatic rings. The van der Waals surface area contributed by atoms with Gasteiger partial charge in [-0.15, -0.1) is 0 Å². The van der Waals surface area contributed by atoms with Gasteiger partial charge >= 0.3 is 0 Å². The molecule has 0 saturated heterocycles. The fourth-order valence-electron chi connectivity index (χ4n) is 5.17. The van der Waals surface area contributed by atoms with Crippen LogP contribution in [0.5, 0.6) is 0 Å². The van der Waals surface area contributed by atoms with Gasteiger partial charge in [-0.2, -0.15) is 0 Å². The Bertz CT molecular complexity index is 1510. The monoisotopic (exact) mass is 443 g/mol.